The molecule has 0 aromatic heterocycles. The molecule has 2 rings (SSSR count). The molecule has 1 nitrogen and oxygen atoms in total. The summed E-state index contributed by atoms with van der Waals surface area (Å²) in [6.45, 7) is 0. The van der Waals surface area contributed by atoms with Gasteiger partial charge in [0.25, 0.3) is 0 Å². The Morgan fingerprint density at radius 3 is 2.50 bits per heavy atom. The van der Waals surface area contributed by atoms with Gasteiger partial charge in [0.1, 0.15) is 0 Å². The first-order valence-electron chi connectivity index (χ1n) is 4.87. The van der Waals surface area contributed by atoms with E-state index in [4.69, 9.17) is 28.9 Å². The lowest BCUT2D eigenvalue weighted by molar-refractivity contribution is 0.675. The second-order valence-electron chi connectivity index (χ2n) is 3.94. The molecule has 76 valence electrons. The lowest BCUT2D eigenvalue weighted by Crippen LogP contribution is -2.14. The average molecular weight is 230 g/mol. The highest BCUT2D eigenvalue weighted by Crippen LogP contribution is 2.35. The van der Waals surface area contributed by atoms with E-state index in [0.717, 1.165) is 12.8 Å². The highest BCUT2D eigenvalue weighted by atomic mass is 35.5. The molecule has 1 aliphatic rings. The van der Waals surface area contributed by atoms with E-state index in [1.165, 1.54) is 12.0 Å². The van der Waals surface area contributed by atoms with Crippen LogP contribution in [0.1, 0.15) is 30.7 Å². The maximum absolute atomic E-state index is 5.97. The van der Waals surface area contributed by atoms with Crippen LogP contribution < -0.4 is 5.73 Å². The molecule has 1 aromatic rings. The average Bonchev–Trinajstić information content (AvgIpc) is 2.57. The van der Waals surface area contributed by atoms with Crippen LogP contribution in [-0.4, -0.2) is 6.04 Å². The summed E-state index contributed by atoms with van der Waals surface area (Å²) in [4.78, 5) is 0. The molecule has 0 radical (unpaired) electrons. The molecular weight excluding hydrogens is 217 g/mol. The van der Waals surface area contributed by atoms with E-state index < -0.39 is 0 Å². The number of rotatable bonds is 1. The first-order valence-corrected chi connectivity index (χ1v) is 5.63. The van der Waals surface area contributed by atoms with Crippen LogP contribution in [-0.2, 0) is 0 Å². The third-order valence-electron chi connectivity index (χ3n) is 2.89. The van der Waals surface area contributed by atoms with Gasteiger partial charge in [0.2, 0.25) is 0 Å². The van der Waals surface area contributed by atoms with E-state index in [0.29, 0.717) is 22.0 Å². The molecule has 0 unspecified atom stereocenters. The molecule has 2 N–H and O–H groups in total. The van der Waals surface area contributed by atoms with Crippen LogP contribution in [0.2, 0.25) is 10.0 Å². The Hall–Kier alpha value is -0.240. The summed E-state index contributed by atoms with van der Waals surface area (Å²) >= 11 is 11.8. The molecule has 0 bridgehead atoms. The topological polar surface area (TPSA) is 26.0 Å². The quantitative estimate of drug-likeness (QED) is 0.783. The van der Waals surface area contributed by atoms with Gasteiger partial charge in [-0.1, -0.05) is 29.3 Å². The zero-order chi connectivity index (χ0) is 10.1. The van der Waals surface area contributed by atoms with Gasteiger partial charge >= 0.3 is 0 Å². The van der Waals surface area contributed by atoms with E-state index in [2.05, 4.69) is 6.07 Å². The van der Waals surface area contributed by atoms with Crippen molar-refractivity contribution in [2.24, 2.45) is 5.73 Å². The Kier molecular flexibility index (Phi) is 3.01. The second kappa shape index (κ2) is 4.09. The monoisotopic (exact) mass is 229 g/mol. The SMILES string of the molecule is N[C@H]1CC[C@@H](c2ccc(Cl)c(Cl)c2)C1. The van der Waals surface area contributed by atoms with Gasteiger partial charge < -0.3 is 5.73 Å². The number of hydrogen-bond acceptors (Lipinski definition) is 1. The van der Waals surface area contributed by atoms with Crippen molar-refractivity contribution in [2.45, 2.75) is 31.2 Å². The fraction of sp³-hybridized carbons (Fsp3) is 0.455. The highest BCUT2D eigenvalue weighted by Gasteiger charge is 2.23. The first-order chi connectivity index (χ1) is 6.66. The number of halogens is 2. The van der Waals surface area contributed by atoms with Crippen LogP contribution in [0.15, 0.2) is 18.2 Å². The molecule has 1 aliphatic carbocycles. The summed E-state index contributed by atoms with van der Waals surface area (Å²) in [5.41, 5.74) is 7.14. The number of hydrogen-bond donors (Lipinski definition) is 1. The van der Waals surface area contributed by atoms with Crippen LogP contribution >= 0.6 is 23.2 Å². The molecule has 3 heteroatoms. The van der Waals surface area contributed by atoms with Crippen LogP contribution in [0.4, 0.5) is 0 Å². The van der Waals surface area contributed by atoms with Gasteiger partial charge in [-0.05, 0) is 42.9 Å². The fourth-order valence-electron chi connectivity index (χ4n) is 2.09. The van der Waals surface area contributed by atoms with E-state index in [1.54, 1.807) is 0 Å². The Bertz CT molecular complexity index is 338. The van der Waals surface area contributed by atoms with Crippen molar-refractivity contribution in [3.05, 3.63) is 33.8 Å². The lowest BCUT2D eigenvalue weighted by atomic mass is 9.98. The molecule has 0 saturated heterocycles. The molecule has 0 aliphatic heterocycles. The zero-order valence-corrected chi connectivity index (χ0v) is 9.35. The number of benzene rings is 1. The Morgan fingerprint density at radius 1 is 1.14 bits per heavy atom. The summed E-state index contributed by atoms with van der Waals surface area (Å²) in [7, 11) is 0. The van der Waals surface area contributed by atoms with Gasteiger partial charge in [-0.3, -0.25) is 0 Å². The van der Waals surface area contributed by atoms with Crippen molar-refractivity contribution in [1.29, 1.82) is 0 Å². The largest absolute Gasteiger partial charge is 0.328 e. The predicted octanol–water partition coefficient (Wildman–Crippen LogP) is 3.59. The molecule has 1 fully saturated rings. The fourth-order valence-corrected chi connectivity index (χ4v) is 2.39. The highest BCUT2D eigenvalue weighted by molar-refractivity contribution is 6.42. The Labute approximate surface area is 94.2 Å². The van der Waals surface area contributed by atoms with Gasteiger partial charge in [-0.15, -0.1) is 0 Å². The van der Waals surface area contributed by atoms with Crippen molar-refractivity contribution >= 4 is 23.2 Å². The van der Waals surface area contributed by atoms with Gasteiger partial charge in [-0.25, -0.2) is 0 Å². The molecule has 0 heterocycles. The van der Waals surface area contributed by atoms with E-state index >= 15 is 0 Å². The van der Waals surface area contributed by atoms with Crippen LogP contribution in [0.25, 0.3) is 0 Å². The summed E-state index contributed by atoms with van der Waals surface area (Å²) in [5.74, 6) is 0.569. The van der Waals surface area contributed by atoms with Gasteiger partial charge in [0.15, 0.2) is 0 Å². The third-order valence-corrected chi connectivity index (χ3v) is 3.63. The minimum atomic E-state index is 0.356. The molecule has 2 atom stereocenters. The van der Waals surface area contributed by atoms with Crippen LogP contribution in [0.3, 0.4) is 0 Å². The Morgan fingerprint density at radius 2 is 1.93 bits per heavy atom. The third kappa shape index (κ3) is 2.05. The molecule has 0 spiro atoms. The van der Waals surface area contributed by atoms with Crippen molar-refractivity contribution in [3.8, 4) is 0 Å². The van der Waals surface area contributed by atoms with Crippen molar-refractivity contribution in [3.63, 3.8) is 0 Å². The lowest BCUT2D eigenvalue weighted by Gasteiger charge is -2.10. The van der Waals surface area contributed by atoms with Crippen molar-refractivity contribution in [1.82, 2.24) is 0 Å². The standard InChI is InChI=1S/C11H13Cl2N/c12-10-4-2-8(6-11(10)13)7-1-3-9(14)5-7/h2,4,6-7,9H,1,3,5,14H2/t7-,9+/m1/s1. The van der Waals surface area contributed by atoms with Crippen molar-refractivity contribution < 1.29 is 0 Å². The molecular formula is C11H13Cl2N. The smallest absolute Gasteiger partial charge is 0.0595 e. The van der Waals surface area contributed by atoms with E-state index in [1.807, 2.05) is 12.1 Å². The van der Waals surface area contributed by atoms with Crippen LogP contribution in [0, 0.1) is 0 Å². The maximum atomic E-state index is 5.97. The minimum Gasteiger partial charge on any atom is -0.328 e. The molecule has 1 aromatic carbocycles. The summed E-state index contributed by atoms with van der Waals surface area (Å²) < 4.78 is 0. The minimum absolute atomic E-state index is 0.356. The summed E-state index contributed by atoms with van der Waals surface area (Å²) in [6, 6.07) is 6.24. The predicted molar refractivity (Wildman–Crippen MR) is 61.0 cm³/mol. The van der Waals surface area contributed by atoms with Gasteiger partial charge in [0, 0.05) is 6.04 Å². The second-order valence-corrected chi connectivity index (χ2v) is 4.76. The van der Waals surface area contributed by atoms with E-state index in [-0.39, 0.29) is 0 Å². The van der Waals surface area contributed by atoms with Gasteiger partial charge in [0.05, 0.1) is 10.0 Å². The normalized spacial score (nSPS) is 26.8. The number of nitrogens with two attached hydrogens (primary N) is 1. The van der Waals surface area contributed by atoms with E-state index in [9.17, 15) is 0 Å². The molecule has 1 saturated carbocycles. The summed E-state index contributed by atoms with van der Waals surface area (Å²) in [6.07, 6.45) is 3.35. The molecule has 0 amide bonds. The molecule has 14 heavy (non-hydrogen) atoms. The van der Waals surface area contributed by atoms with Gasteiger partial charge in [-0.2, -0.15) is 0 Å². The Balaban J connectivity index is 2.20. The van der Waals surface area contributed by atoms with Crippen molar-refractivity contribution in [2.75, 3.05) is 0 Å². The maximum Gasteiger partial charge on any atom is 0.0595 e. The summed E-state index contributed by atoms with van der Waals surface area (Å²) in [5, 5.41) is 1.27. The first kappa shape index (κ1) is 10.3. The van der Waals surface area contributed by atoms with Crippen LogP contribution in [0.5, 0.6) is 0 Å². The zero-order valence-electron chi connectivity index (χ0n) is 7.84.